The van der Waals surface area contributed by atoms with Crippen LogP contribution in [0.5, 0.6) is 0 Å². The van der Waals surface area contributed by atoms with E-state index in [2.05, 4.69) is 4.98 Å². The maximum Gasteiger partial charge on any atom is 0.434 e. The summed E-state index contributed by atoms with van der Waals surface area (Å²) in [5.74, 6) is -0.525. The topological polar surface area (TPSA) is 30.0 Å². The van der Waals surface area contributed by atoms with Crippen molar-refractivity contribution in [3.63, 3.8) is 0 Å². The molecule has 1 aromatic heterocycles. The van der Waals surface area contributed by atoms with Crippen molar-refractivity contribution in [2.45, 2.75) is 13.1 Å². The molecule has 0 bridgehead atoms. The van der Waals surface area contributed by atoms with E-state index in [1.165, 1.54) is 0 Å². The molecule has 1 aromatic rings. The second-order valence-corrected chi connectivity index (χ2v) is 2.95. The number of hydrogen-bond donors (Lipinski definition) is 0. The monoisotopic (exact) mass is 223 g/mol. The van der Waals surface area contributed by atoms with Crippen LogP contribution in [0.25, 0.3) is 0 Å². The van der Waals surface area contributed by atoms with Crippen LogP contribution >= 0.6 is 11.6 Å². The number of ketones is 1. The lowest BCUT2D eigenvalue weighted by atomic mass is 10.1. The molecule has 76 valence electrons. The lowest BCUT2D eigenvalue weighted by molar-refractivity contribution is -0.141. The summed E-state index contributed by atoms with van der Waals surface area (Å²) >= 11 is 5.39. The zero-order chi connectivity index (χ0) is 10.9. The number of carbonyl (C=O) groups excluding carboxylic acids is 1. The molecule has 6 heteroatoms. The molecule has 0 saturated carbocycles. The number of alkyl halides is 3. The van der Waals surface area contributed by atoms with Crippen molar-refractivity contribution in [2.75, 3.05) is 0 Å². The van der Waals surface area contributed by atoms with E-state index in [1.54, 1.807) is 0 Å². The number of Topliss-reactive ketones (excluding diaryl/α,β-unsaturated/α-hetero) is 1. The van der Waals surface area contributed by atoms with E-state index in [4.69, 9.17) is 11.6 Å². The third kappa shape index (κ3) is 2.04. The molecule has 14 heavy (non-hydrogen) atoms. The Balaban J connectivity index is 3.35. The Kier molecular flexibility index (Phi) is 2.80. The van der Waals surface area contributed by atoms with Crippen molar-refractivity contribution in [1.82, 2.24) is 4.98 Å². The fourth-order valence-corrected chi connectivity index (χ4v) is 1.27. The summed E-state index contributed by atoms with van der Waals surface area (Å²) in [4.78, 5) is 13.9. The first-order chi connectivity index (χ1) is 6.34. The molecule has 0 aromatic carbocycles. The molecule has 0 unspecified atom stereocenters. The van der Waals surface area contributed by atoms with Crippen LogP contribution in [0, 0.1) is 0 Å². The molecule has 0 saturated heterocycles. The average molecular weight is 224 g/mol. The van der Waals surface area contributed by atoms with Crippen molar-refractivity contribution in [3.8, 4) is 0 Å². The number of carbonyl (C=O) groups is 1. The zero-order valence-corrected chi connectivity index (χ0v) is 7.78. The highest BCUT2D eigenvalue weighted by Gasteiger charge is 2.36. The van der Waals surface area contributed by atoms with Gasteiger partial charge in [0.25, 0.3) is 0 Å². The van der Waals surface area contributed by atoms with Crippen LogP contribution in [-0.4, -0.2) is 10.8 Å². The number of nitrogens with zero attached hydrogens (tertiary/aromatic N) is 1. The smallest absolute Gasteiger partial charge is 0.294 e. The van der Waals surface area contributed by atoms with Gasteiger partial charge < -0.3 is 0 Å². The van der Waals surface area contributed by atoms with Crippen molar-refractivity contribution >= 4 is 17.4 Å². The quantitative estimate of drug-likeness (QED) is 0.685. The summed E-state index contributed by atoms with van der Waals surface area (Å²) < 4.78 is 36.7. The van der Waals surface area contributed by atoms with E-state index in [-0.39, 0.29) is 5.56 Å². The molecular weight excluding hydrogens is 219 g/mol. The molecule has 0 aliphatic heterocycles. The minimum atomic E-state index is -4.64. The highest BCUT2D eigenvalue weighted by Crippen LogP contribution is 2.34. The molecule has 0 fully saturated rings. The van der Waals surface area contributed by atoms with E-state index in [9.17, 15) is 18.0 Å². The fourth-order valence-electron chi connectivity index (χ4n) is 0.913. The van der Waals surface area contributed by atoms with Crippen LogP contribution in [0.4, 0.5) is 13.2 Å². The van der Waals surface area contributed by atoms with Crippen molar-refractivity contribution in [3.05, 3.63) is 28.5 Å². The Labute approximate surface area is 82.7 Å². The number of rotatable bonds is 1. The van der Waals surface area contributed by atoms with Crippen LogP contribution in [0.3, 0.4) is 0 Å². The van der Waals surface area contributed by atoms with E-state index in [1.807, 2.05) is 0 Å². The van der Waals surface area contributed by atoms with Gasteiger partial charge in [0.1, 0.15) is 0 Å². The Morgan fingerprint density at radius 1 is 1.50 bits per heavy atom. The summed E-state index contributed by atoms with van der Waals surface area (Å²) in [6, 6.07) is 1.15. The number of aromatic nitrogens is 1. The van der Waals surface area contributed by atoms with Gasteiger partial charge in [-0.15, -0.1) is 0 Å². The molecule has 2 nitrogen and oxygen atoms in total. The third-order valence-electron chi connectivity index (χ3n) is 1.54. The summed E-state index contributed by atoms with van der Waals surface area (Å²) in [5, 5.41) is -0.646. The molecule has 1 heterocycles. The van der Waals surface area contributed by atoms with Gasteiger partial charge in [0.05, 0.1) is 5.02 Å². The average Bonchev–Trinajstić information content (AvgIpc) is 2.01. The second-order valence-electron chi connectivity index (χ2n) is 2.58. The molecule has 0 N–H and O–H groups in total. The van der Waals surface area contributed by atoms with E-state index >= 15 is 0 Å². The molecule has 1 rings (SSSR count). The summed E-state index contributed by atoms with van der Waals surface area (Å²) in [7, 11) is 0. The lowest BCUT2D eigenvalue weighted by Gasteiger charge is -2.08. The van der Waals surface area contributed by atoms with E-state index in [0.29, 0.717) is 0 Å². The minimum absolute atomic E-state index is 0.172. The molecule has 0 aliphatic rings. The van der Waals surface area contributed by atoms with Crippen LogP contribution in [0.15, 0.2) is 12.3 Å². The standard InChI is InChI=1S/C8H5ClF3NO/c1-4(14)5-2-3-13-7(6(5)9)8(10,11)12/h2-3H,1H3. The Morgan fingerprint density at radius 2 is 2.07 bits per heavy atom. The Hall–Kier alpha value is -1.10. The molecule has 0 spiro atoms. The first-order valence-electron chi connectivity index (χ1n) is 3.56. The molecule has 0 atom stereocenters. The largest absolute Gasteiger partial charge is 0.434 e. The summed E-state index contributed by atoms with van der Waals surface area (Å²) in [6.45, 7) is 1.14. The van der Waals surface area contributed by atoms with Crippen molar-refractivity contribution in [1.29, 1.82) is 0 Å². The van der Waals surface area contributed by atoms with Crippen LogP contribution in [-0.2, 0) is 6.18 Å². The maximum atomic E-state index is 12.2. The first-order valence-corrected chi connectivity index (χ1v) is 3.94. The zero-order valence-electron chi connectivity index (χ0n) is 7.02. The van der Waals surface area contributed by atoms with Gasteiger partial charge >= 0.3 is 6.18 Å². The molecule has 0 amide bonds. The van der Waals surface area contributed by atoms with Crippen molar-refractivity contribution in [2.24, 2.45) is 0 Å². The number of halogens is 4. The van der Waals surface area contributed by atoms with Crippen LogP contribution in [0.2, 0.25) is 5.02 Å². The maximum absolute atomic E-state index is 12.2. The van der Waals surface area contributed by atoms with Gasteiger partial charge in [-0.05, 0) is 13.0 Å². The molecular formula is C8H5ClF3NO. The molecule has 0 radical (unpaired) electrons. The third-order valence-corrected chi connectivity index (χ3v) is 1.92. The predicted octanol–water partition coefficient (Wildman–Crippen LogP) is 2.96. The van der Waals surface area contributed by atoms with Crippen LogP contribution < -0.4 is 0 Å². The lowest BCUT2D eigenvalue weighted by Crippen LogP contribution is -2.11. The van der Waals surface area contributed by atoms with Gasteiger partial charge in [0.15, 0.2) is 11.5 Å². The van der Waals surface area contributed by atoms with Crippen molar-refractivity contribution < 1.29 is 18.0 Å². The van der Waals surface area contributed by atoms with Gasteiger partial charge in [0.2, 0.25) is 0 Å². The van der Waals surface area contributed by atoms with Crippen LogP contribution in [0.1, 0.15) is 23.0 Å². The SMILES string of the molecule is CC(=O)c1ccnc(C(F)(F)F)c1Cl. The summed E-state index contributed by atoms with van der Waals surface area (Å²) in [6.07, 6.45) is -3.73. The van der Waals surface area contributed by atoms with Gasteiger partial charge in [-0.1, -0.05) is 11.6 Å². The van der Waals surface area contributed by atoms with Gasteiger partial charge in [-0.2, -0.15) is 13.2 Å². The highest BCUT2D eigenvalue weighted by molar-refractivity contribution is 6.34. The highest BCUT2D eigenvalue weighted by atomic mass is 35.5. The normalized spacial score (nSPS) is 11.5. The summed E-state index contributed by atoms with van der Waals surface area (Å²) in [5.41, 5.74) is -1.40. The minimum Gasteiger partial charge on any atom is -0.294 e. The number of hydrogen-bond acceptors (Lipinski definition) is 2. The fraction of sp³-hybridized carbons (Fsp3) is 0.250. The van der Waals surface area contributed by atoms with E-state index in [0.717, 1.165) is 19.2 Å². The second kappa shape index (κ2) is 3.57. The van der Waals surface area contributed by atoms with Gasteiger partial charge in [0, 0.05) is 11.8 Å². The first kappa shape index (κ1) is 11.0. The van der Waals surface area contributed by atoms with E-state index < -0.39 is 22.7 Å². The Bertz CT molecular complexity index is 375. The Morgan fingerprint density at radius 3 is 2.50 bits per heavy atom. The number of pyridine rings is 1. The van der Waals surface area contributed by atoms with Gasteiger partial charge in [-0.3, -0.25) is 9.78 Å². The molecule has 0 aliphatic carbocycles. The predicted molar refractivity (Wildman–Crippen MR) is 44.3 cm³/mol. The van der Waals surface area contributed by atoms with Gasteiger partial charge in [-0.25, -0.2) is 0 Å².